The second-order valence-electron chi connectivity index (χ2n) is 8.30. The Labute approximate surface area is 197 Å². The van der Waals surface area contributed by atoms with Gasteiger partial charge in [0.15, 0.2) is 0 Å². The molecule has 1 aromatic heterocycles. The summed E-state index contributed by atoms with van der Waals surface area (Å²) < 4.78 is 85.5. The molecule has 0 saturated carbocycles. The van der Waals surface area contributed by atoms with Crippen molar-refractivity contribution in [1.82, 2.24) is 9.88 Å². The Hall–Kier alpha value is -3.56. The van der Waals surface area contributed by atoms with Crippen LogP contribution in [0, 0.1) is 13.8 Å². The van der Waals surface area contributed by atoms with E-state index in [1.54, 1.807) is 19.1 Å². The topological polar surface area (TPSA) is 42.4 Å². The summed E-state index contributed by atoms with van der Waals surface area (Å²) in [5.74, 6) is -0.509. The molecule has 0 bridgehead atoms. The van der Waals surface area contributed by atoms with Gasteiger partial charge in [-0.2, -0.15) is 26.3 Å². The standard InChI is InChI=1S/C25H20F6N2O2/c1-14-5-3-4-6-19(14)20-9-15(2)32-22-21(20)23(34)33(7-8-35-22)13-16-10-17(24(26,27)28)12-18(11-16)25(29,30)31/h3-6,9-12H,7-8,13H2,1-2H3. The molecule has 3 aromatic rings. The van der Waals surface area contributed by atoms with E-state index >= 15 is 0 Å². The summed E-state index contributed by atoms with van der Waals surface area (Å²) in [6.45, 7) is 3.07. The number of fused-ring (bicyclic) bond motifs is 1. The highest BCUT2D eigenvalue weighted by Crippen LogP contribution is 2.38. The summed E-state index contributed by atoms with van der Waals surface area (Å²) in [5, 5.41) is 0. The van der Waals surface area contributed by atoms with Gasteiger partial charge in [0.2, 0.25) is 5.88 Å². The van der Waals surface area contributed by atoms with Gasteiger partial charge < -0.3 is 9.64 Å². The maximum absolute atomic E-state index is 13.6. The minimum atomic E-state index is -4.98. The van der Waals surface area contributed by atoms with Gasteiger partial charge in [-0.25, -0.2) is 4.98 Å². The molecule has 0 aliphatic carbocycles. The fourth-order valence-corrected chi connectivity index (χ4v) is 4.04. The van der Waals surface area contributed by atoms with Gasteiger partial charge in [-0.3, -0.25) is 4.79 Å². The van der Waals surface area contributed by atoms with Gasteiger partial charge in [-0.15, -0.1) is 0 Å². The molecule has 0 N–H and O–H groups in total. The molecule has 0 spiro atoms. The van der Waals surface area contributed by atoms with Crippen molar-refractivity contribution in [3.8, 4) is 17.0 Å². The molecule has 0 unspecified atom stereocenters. The average molecular weight is 494 g/mol. The molecule has 1 aliphatic rings. The van der Waals surface area contributed by atoms with Crippen LogP contribution in [-0.2, 0) is 18.9 Å². The van der Waals surface area contributed by atoms with Crippen molar-refractivity contribution in [2.24, 2.45) is 0 Å². The molecular weight excluding hydrogens is 474 g/mol. The summed E-state index contributed by atoms with van der Waals surface area (Å²) >= 11 is 0. The van der Waals surface area contributed by atoms with Gasteiger partial charge in [0, 0.05) is 17.8 Å². The normalized spacial score (nSPS) is 14.4. The number of nitrogens with zero attached hydrogens (tertiary/aromatic N) is 2. The largest absolute Gasteiger partial charge is 0.475 e. The zero-order valence-corrected chi connectivity index (χ0v) is 18.7. The van der Waals surface area contributed by atoms with Crippen molar-refractivity contribution in [2.45, 2.75) is 32.7 Å². The lowest BCUT2D eigenvalue weighted by Crippen LogP contribution is -2.32. The van der Waals surface area contributed by atoms with Crippen LogP contribution < -0.4 is 4.74 Å². The van der Waals surface area contributed by atoms with Crippen molar-refractivity contribution in [2.75, 3.05) is 13.2 Å². The van der Waals surface area contributed by atoms with E-state index < -0.39 is 35.9 Å². The zero-order valence-electron chi connectivity index (χ0n) is 18.7. The number of hydrogen-bond acceptors (Lipinski definition) is 3. The molecule has 2 aromatic carbocycles. The molecule has 0 radical (unpaired) electrons. The van der Waals surface area contributed by atoms with Crippen molar-refractivity contribution in [1.29, 1.82) is 0 Å². The zero-order chi connectivity index (χ0) is 25.5. The van der Waals surface area contributed by atoms with E-state index in [1.165, 1.54) is 4.90 Å². The number of ether oxygens (including phenoxy) is 1. The van der Waals surface area contributed by atoms with Crippen LogP contribution in [0.4, 0.5) is 26.3 Å². The lowest BCUT2D eigenvalue weighted by Gasteiger charge is -2.23. The number of halogens is 6. The predicted molar refractivity (Wildman–Crippen MR) is 116 cm³/mol. The number of pyridine rings is 1. The first-order valence-electron chi connectivity index (χ1n) is 10.6. The van der Waals surface area contributed by atoms with Crippen LogP contribution in [0.5, 0.6) is 5.88 Å². The van der Waals surface area contributed by atoms with E-state index in [-0.39, 0.29) is 36.2 Å². The highest BCUT2D eigenvalue weighted by Gasteiger charge is 2.37. The lowest BCUT2D eigenvalue weighted by molar-refractivity contribution is -0.143. The minimum absolute atomic E-state index is 0.0203. The van der Waals surface area contributed by atoms with Crippen molar-refractivity contribution < 1.29 is 35.9 Å². The number of rotatable bonds is 3. The van der Waals surface area contributed by atoms with Crippen LogP contribution >= 0.6 is 0 Å². The van der Waals surface area contributed by atoms with Gasteiger partial charge in [-0.05, 0) is 54.8 Å². The Kier molecular flexibility index (Phi) is 6.25. The van der Waals surface area contributed by atoms with Crippen LogP contribution in [0.25, 0.3) is 11.1 Å². The van der Waals surface area contributed by atoms with E-state index in [0.717, 1.165) is 11.1 Å². The van der Waals surface area contributed by atoms with Crippen molar-refractivity contribution in [3.63, 3.8) is 0 Å². The third kappa shape index (κ3) is 5.11. The highest BCUT2D eigenvalue weighted by atomic mass is 19.4. The summed E-state index contributed by atoms with van der Waals surface area (Å²) in [6, 6.07) is 10.3. The average Bonchev–Trinajstić information content (AvgIpc) is 2.91. The van der Waals surface area contributed by atoms with Gasteiger partial charge in [0.1, 0.15) is 12.2 Å². The van der Waals surface area contributed by atoms with Gasteiger partial charge in [0.05, 0.1) is 17.7 Å². The van der Waals surface area contributed by atoms with Crippen molar-refractivity contribution in [3.05, 3.63) is 82.0 Å². The number of benzene rings is 2. The summed E-state index contributed by atoms with van der Waals surface area (Å²) in [4.78, 5) is 19.1. The van der Waals surface area contributed by atoms with E-state index in [0.29, 0.717) is 23.4 Å². The third-order valence-electron chi connectivity index (χ3n) is 5.67. The number of hydrogen-bond donors (Lipinski definition) is 0. The smallest absolute Gasteiger partial charge is 0.416 e. The number of aryl methyl sites for hydroxylation is 2. The molecule has 1 amide bonds. The summed E-state index contributed by atoms with van der Waals surface area (Å²) in [6.07, 6.45) is -9.96. The Balaban J connectivity index is 1.79. The maximum Gasteiger partial charge on any atom is 0.416 e. The van der Waals surface area contributed by atoms with Crippen LogP contribution in [0.3, 0.4) is 0 Å². The van der Waals surface area contributed by atoms with Crippen LogP contribution in [0.1, 0.15) is 38.3 Å². The molecule has 4 nitrogen and oxygen atoms in total. The molecule has 1 aliphatic heterocycles. The first-order valence-corrected chi connectivity index (χ1v) is 10.6. The van der Waals surface area contributed by atoms with Crippen LogP contribution in [-0.4, -0.2) is 28.9 Å². The molecular formula is C25H20F6N2O2. The van der Waals surface area contributed by atoms with Crippen LogP contribution in [0.15, 0.2) is 48.5 Å². The number of carbonyl (C=O) groups is 1. The van der Waals surface area contributed by atoms with Gasteiger partial charge in [-0.1, -0.05) is 24.3 Å². The first kappa shape index (κ1) is 24.6. The molecule has 10 heteroatoms. The Morgan fingerprint density at radius 2 is 1.54 bits per heavy atom. The second-order valence-corrected chi connectivity index (χ2v) is 8.30. The van der Waals surface area contributed by atoms with Crippen LogP contribution in [0.2, 0.25) is 0 Å². The molecule has 0 fully saturated rings. The highest BCUT2D eigenvalue weighted by molar-refractivity contribution is 6.03. The lowest BCUT2D eigenvalue weighted by atomic mass is 9.95. The SMILES string of the molecule is Cc1cc(-c2ccccc2C)c2c(n1)OCCN(Cc1cc(C(F)(F)F)cc(C(F)(F)F)c1)C2=O. The van der Waals surface area contributed by atoms with Gasteiger partial charge in [0.25, 0.3) is 5.91 Å². The quantitative estimate of drug-likeness (QED) is 0.394. The molecule has 4 rings (SSSR count). The number of carbonyl (C=O) groups excluding carboxylic acids is 1. The molecule has 0 saturated heterocycles. The Morgan fingerprint density at radius 3 is 2.14 bits per heavy atom. The minimum Gasteiger partial charge on any atom is -0.475 e. The third-order valence-corrected chi connectivity index (χ3v) is 5.67. The van der Waals surface area contributed by atoms with E-state index in [2.05, 4.69) is 4.98 Å². The molecule has 2 heterocycles. The second kappa shape index (κ2) is 8.90. The number of aromatic nitrogens is 1. The molecule has 184 valence electrons. The number of amides is 1. The fraction of sp³-hybridized carbons (Fsp3) is 0.280. The van der Waals surface area contributed by atoms with E-state index in [9.17, 15) is 31.1 Å². The summed E-state index contributed by atoms with van der Waals surface area (Å²) in [7, 11) is 0. The predicted octanol–water partition coefficient (Wildman–Crippen LogP) is 6.44. The Bertz CT molecular complexity index is 1250. The van der Waals surface area contributed by atoms with Gasteiger partial charge >= 0.3 is 12.4 Å². The van der Waals surface area contributed by atoms with E-state index in [4.69, 9.17) is 4.74 Å². The monoisotopic (exact) mass is 494 g/mol. The number of alkyl halides is 6. The fourth-order valence-electron chi connectivity index (χ4n) is 4.04. The molecule has 0 atom stereocenters. The molecule has 35 heavy (non-hydrogen) atoms. The Morgan fingerprint density at radius 1 is 0.914 bits per heavy atom. The first-order chi connectivity index (χ1) is 16.3. The summed E-state index contributed by atoms with van der Waals surface area (Å²) in [5.41, 5.74) is -0.299. The maximum atomic E-state index is 13.6. The van der Waals surface area contributed by atoms with E-state index in [1.807, 2.05) is 25.1 Å². The van der Waals surface area contributed by atoms with Crippen molar-refractivity contribution >= 4 is 5.91 Å².